The zero-order chi connectivity index (χ0) is 9.85. The summed E-state index contributed by atoms with van der Waals surface area (Å²) in [5.74, 6) is 0. The molecule has 70 valence electrons. The van der Waals surface area contributed by atoms with Gasteiger partial charge < -0.3 is 5.21 Å². The number of rotatable bonds is 0. The molecule has 2 heterocycles. The highest BCUT2D eigenvalue weighted by Crippen LogP contribution is 2.45. The van der Waals surface area contributed by atoms with E-state index in [0.29, 0.717) is 7.41 Å². The number of hydrogen-bond acceptors (Lipinski definition) is 4. The lowest BCUT2D eigenvalue weighted by Crippen LogP contribution is -2.49. The number of hydroxylamine groups is 2. The minimum Gasteiger partial charge on any atom is -0.312 e. The lowest BCUT2D eigenvalue weighted by Gasteiger charge is -2.36. The van der Waals surface area contributed by atoms with E-state index in [1.165, 1.54) is 5.06 Å². The molecule has 2 rings (SSSR count). The summed E-state index contributed by atoms with van der Waals surface area (Å²) < 4.78 is 0. The molecule has 0 spiro atoms. The van der Waals surface area contributed by atoms with Crippen LogP contribution in [0.2, 0.25) is 0 Å². The van der Waals surface area contributed by atoms with E-state index >= 15 is 0 Å². The van der Waals surface area contributed by atoms with Crippen LogP contribution in [0.5, 0.6) is 0 Å². The molecule has 0 bridgehead atoms. The van der Waals surface area contributed by atoms with E-state index < -0.39 is 5.54 Å². The third-order valence-electron chi connectivity index (χ3n) is 3.06. The summed E-state index contributed by atoms with van der Waals surface area (Å²) in [5.41, 5.74) is 1.33. The van der Waals surface area contributed by atoms with Gasteiger partial charge >= 0.3 is 7.41 Å². The molecule has 1 N–H and O–H groups in total. The Balaban J connectivity index is 2.54. The van der Waals surface area contributed by atoms with Crippen LogP contribution in [0.25, 0.3) is 0 Å². The Hall–Kier alpha value is -0.675. The maximum Gasteiger partial charge on any atom is 0.323 e. The van der Waals surface area contributed by atoms with Gasteiger partial charge in [0.15, 0.2) is 0 Å². The van der Waals surface area contributed by atoms with Crippen molar-refractivity contribution in [3.8, 4) is 0 Å². The summed E-state index contributed by atoms with van der Waals surface area (Å²) >= 11 is 0. The molecule has 13 heavy (non-hydrogen) atoms. The first-order chi connectivity index (χ1) is 5.88. The molecule has 0 aromatic carbocycles. The summed E-state index contributed by atoms with van der Waals surface area (Å²) in [7, 11) is 0.628. The molecule has 4 nitrogen and oxygen atoms in total. The lowest BCUT2D eigenvalue weighted by molar-refractivity contribution is -0.186. The molecule has 0 unspecified atom stereocenters. The summed E-state index contributed by atoms with van der Waals surface area (Å²) in [5, 5.41) is 19.5. The minimum absolute atomic E-state index is 0.331. The molecule has 0 saturated carbocycles. The van der Waals surface area contributed by atoms with Gasteiger partial charge in [0.2, 0.25) is 0 Å². The topological polar surface area (TPSA) is 48.2 Å². The molecule has 5 heteroatoms. The maximum absolute atomic E-state index is 9.98. The largest absolute Gasteiger partial charge is 0.323 e. The predicted octanol–water partition coefficient (Wildman–Crippen LogP) is 1.28. The quantitative estimate of drug-likeness (QED) is 0.569. The van der Waals surface area contributed by atoms with Gasteiger partial charge in [0, 0.05) is 0 Å². The van der Waals surface area contributed by atoms with Gasteiger partial charge in [0.1, 0.15) is 0 Å². The molecular weight excluding hydrogens is 165 g/mol. The Bertz CT molecular complexity index is 319. The van der Waals surface area contributed by atoms with Gasteiger partial charge in [0.25, 0.3) is 0 Å². The maximum atomic E-state index is 9.98. The molecule has 0 radical (unpaired) electrons. The second-order valence-corrected chi connectivity index (χ2v) is 4.66. The van der Waals surface area contributed by atoms with Crippen LogP contribution >= 0.6 is 0 Å². The molecule has 0 aromatic rings. The van der Waals surface area contributed by atoms with Crippen molar-refractivity contribution in [3.05, 3.63) is 11.2 Å². The molecule has 0 atom stereocenters. The highest BCUT2D eigenvalue weighted by Gasteiger charge is 2.52. The second-order valence-electron chi connectivity index (χ2n) is 4.66. The molecule has 0 aromatic heterocycles. The summed E-state index contributed by atoms with van der Waals surface area (Å²) in [6, 6.07) is 0. The van der Waals surface area contributed by atoms with Crippen LogP contribution in [-0.4, -0.2) is 28.8 Å². The first kappa shape index (κ1) is 8.90. The van der Waals surface area contributed by atoms with Crippen LogP contribution in [0, 0.1) is 0 Å². The van der Waals surface area contributed by atoms with Gasteiger partial charge in [-0.3, -0.25) is 5.03 Å². The van der Waals surface area contributed by atoms with Crippen LogP contribution in [0.3, 0.4) is 0 Å². The molecule has 2 aliphatic rings. The summed E-state index contributed by atoms with van der Waals surface area (Å²) in [4.78, 5) is 0. The standard InChI is InChI=1S/C8H14BN3O/c1-7(2)5-6(10-11-9-5)8(3,4)12(7)13/h9,13H,1-4H3. The normalized spacial score (nSPS) is 29.3. The van der Waals surface area contributed by atoms with Crippen molar-refractivity contribution in [1.82, 2.24) is 5.06 Å². The van der Waals surface area contributed by atoms with Gasteiger partial charge in [-0.1, -0.05) is 0 Å². The third kappa shape index (κ3) is 0.887. The van der Waals surface area contributed by atoms with E-state index in [4.69, 9.17) is 0 Å². The number of nitrogens with zero attached hydrogens (tertiary/aromatic N) is 3. The first-order valence-corrected chi connectivity index (χ1v) is 4.49. The van der Waals surface area contributed by atoms with Crippen LogP contribution < -0.4 is 0 Å². The second kappa shape index (κ2) is 2.22. The third-order valence-corrected chi connectivity index (χ3v) is 3.06. The molecule has 0 fully saturated rings. The average molecular weight is 179 g/mol. The lowest BCUT2D eigenvalue weighted by atomic mass is 9.73. The monoisotopic (exact) mass is 179 g/mol. The van der Waals surface area contributed by atoms with Gasteiger partial charge in [-0.05, 0) is 33.2 Å². The zero-order valence-corrected chi connectivity index (χ0v) is 8.50. The average Bonchev–Trinajstić information content (AvgIpc) is 2.54. The van der Waals surface area contributed by atoms with E-state index in [2.05, 4.69) is 10.1 Å². The van der Waals surface area contributed by atoms with E-state index in [0.717, 1.165) is 11.2 Å². The smallest absolute Gasteiger partial charge is 0.312 e. The van der Waals surface area contributed by atoms with Crippen LogP contribution in [-0.2, 0) is 0 Å². The fraction of sp³-hybridized carbons (Fsp3) is 0.750. The van der Waals surface area contributed by atoms with Crippen LogP contribution in [0.15, 0.2) is 21.3 Å². The zero-order valence-electron chi connectivity index (χ0n) is 8.50. The van der Waals surface area contributed by atoms with Crippen molar-refractivity contribution in [3.63, 3.8) is 0 Å². The van der Waals surface area contributed by atoms with Gasteiger partial charge in [0.05, 0.1) is 16.8 Å². The van der Waals surface area contributed by atoms with Crippen molar-refractivity contribution < 1.29 is 5.21 Å². The molecule has 0 aliphatic carbocycles. The molecule has 0 amide bonds. The first-order valence-electron chi connectivity index (χ1n) is 4.49. The SMILES string of the molecule is CC1(C)C2=C(N=NB2)C(C)(C)N1O. The highest BCUT2D eigenvalue weighted by molar-refractivity contribution is 6.45. The molecular formula is C8H14BN3O. The predicted molar refractivity (Wildman–Crippen MR) is 50.8 cm³/mol. The van der Waals surface area contributed by atoms with Gasteiger partial charge in [-0.2, -0.15) is 10.2 Å². The molecule has 2 aliphatic heterocycles. The van der Waals surface area contributed by atoms with Crippen molar-refractivity contribution in [2.45, 2.75) is 38.8 Å². The molecule has 0 saturated heterocycles. The van der Waals surface area contributed by atoms with Crippen molar-refractivity contribution in [2.24, 2.45) is 10.1 Å². The number of hydrogen-bond donors (Lipinski definition) is 1. The van der Waals surface area contributed by atoms with Crippen LogP contribution in [0.1, 0.15) is 27.7 Å². The minimum atomic E-state index is -0.404. The Morgan fingerprint density at radius 3 is 2.38 bits per heavy atom. The van der Waals surface area contributed by atoms with E-state index in [-0.39, 0.29) is 5.54 Å². The van der Waals surface area contributed by atoms with E-state index in [1.807, 2.05) is 27.7 Å². The van der Waals surface area contributed by atoms with Crippen molar-refractivity contribution in [2.75, 3.05) is 0 Å². The summed E-state index contributed by atoms with van der Waals surface area (Å²) in [6.45, 7) is 7.91. The van der Waals surface area contributed by atoms with Crippen molar-refractivity contribution in [1.29, 1.82) is 0 Å². The Morgan fingerprint density at radius 1 is 1.23 bits per heavy atom. The Kier molecular flexibility index (Phi) is 1.52. The fourth-order valence-electron chi connectivity index (χ4n) is 2.21. The van der Waals surface area contributed by atoms with Crippen molar-refractivity contribution >= 4 is 7.41 Å². The van der Waals surface area contributed by atoms with E-state index in [9.17, 15) is 5.21 Å². The Morgan fingerprint density at radius 2 is 1.85 bits per heavy atom. The Labute approximate surface area is 78.6 Å². The highest BCUT2D eigenvalue weighted by atomic mass is 16.5. The fourth-order valence-corrected chi connectivity index (χ4v) is 2.21. The van der Waals surface area contributed by atoms with Gasteiger partial charge in [-0.15, -0.1) is 0 Å². The van der Waals surface area contributed by atoms with E-state index in [1.54, 1.807) is 0 Å². The van der Waals surface area contributed by atoms with Gasteiger partial charge in [-0.25, -0.2) is 0 Å². The van der Waals surface area contributed by atoms with Crippen LogP contribution in [0.4, 0.5) is 0 Å². The summed E-state index contributed by atoms with van der Waals surface area (Å²) in [6.07, 6.45) is 0.